The standard InChI is InChI=1S/C12H11Cl2N3O4S/c13-7-1-2-8(9(14)3-7)10(18)4-16-5-11(17(19)20)15-12(16)21-6-22/h1-3,5,10,18,22H,4,6H2. The Morgan fingerprint density at radius 1 is 1.50 bits per heavy atom. The van der Waals surface area contributed by atoms with E-state index in [1.807, 2.05) is 0 Å². The second-order valence-electron chi connectivity index (χ2n) is 4.25. The van der Waals surface area contributed by atoms with Gasteiger partial charge in [-0.15, -0.1) is 12.6 Å². The molecular formula is C12H11Cl2N3O4S. The first-order chi connectivity index (χ1) is 10.4. The Morgan fingerprint density at radius 3 is 2.82 bits per heavy atom. The molecule has 2 rings (SSSR count). The molecule has 2 aromatic rings. The minimum atomic E-state index is -1.01. The summed E-state index contributed by atoms with van der Waals surface area (Å²) in [6.07, 6.45) is 0.159. The maximum Gasteiger partial charge on any atom is 0.415 e. The molecule has 0 aliphatic carbocycles. The van der Waals surface area contributed by atoms with E-state index >= 15 is 0 Å². The van der Waals surface area contributed by atoms with E-state index in [1.54, 1.807) is 12.1 Å². The number of nitro groups is 1. The smallest absolute Gasteiger partial charge is 0.415 e. The zero-order valence-corrected chi connectivity index (χ0v) is 13.4. The average molecular weight is 364 g/mol. The third-order valence-corrected chi connectivity index (χ3v) is 3.49. The minimum absolute atomic E-state index is 0.00797. The lowest BCUT2D eigenvalue weighted by Crippen LogP contribution is -2.10. The van der Waals surface area contributed by atoms with E-state index < -0.39 is 11.0 Å². The van der Waals surface area contributed by atoms with Gasteiger partial charge in [-0.3, -0.25) is 4.57 Å². The number of benzene rings is 1. The SMILES string of the molecule is O=[N+]([O-])c1cn(CC(O)c2ccc(Cl)cc2Cl)c(OCS)n1. The van der Waals surface area contributed by atoms with Crippen molar-refractivity contribution < 1.29 is 14.8 Å². The lowest BCUT2D eigenvalue weighted by Gasteiger charge is -2.13. The summed E-state index contributed by atoms with van der Waals surface area (Å²) in [4.78, 5) is 13.8. The van der Waals surface area contributed by atoms with Crippen molar-refractivity contribution in [2.24, 2.45) is 0 Å². The van der Waals surface area contributed by atoms with E-state index in [1.165, 1.54) is 16.8 Å². The van der Waals surface area contributed by atoms with Crippen LogP contribution in [-0.4, -0.2) is 25.5 Å². The fourth-order valence-electron chi connectivity index (χ4n) is 1.83. The molecule has 1 aromatic carbocycles. The first kappa shape index (κ1) is 16.9. The van der Waals surface area contributed by atoms with E-state index in [2.05, 4.69) is 17.6 Å². The van der Waals surface area contributed by atoms with Crippen molar-refractivity contribution in [3.05, 3.63) is 50.1 Å². The second kappa shape index (κ2) is 7.19. The summed E-state index contributed by atoms with van der Waals surface area (Å²) in [5.74, 6) is -0.391. The summed E-state index contributed by atoms with van der Waals surface area (Å²) < 4.78 is 6.42. The van der Waals surface area contributed by atoms with Gasteiger partial charge >= 0.3 is 11.8 Å². The van der Waals surface area contributed by atoms with Gasteiger partial charge < -0.3 is 20.0 Å². The summed E-state index contributed by atoms with van der Waals surface area (Å²) in [5.41, 5.74) is 0.444. The van der Waals surface area contributed by atoms with Gasteiger partial charge in [0.25, 0.3) is 0 Å². The van der Waals surface area contributed by atoms with Gasteiger partial charge in [0.2, 0.25) is 0 Å². The molecule has 0 saturated heterocycles. The van der Waals surface area contributed by atoms with Crippen molar-refractivity contribution in [3.8, 4) is 6.01 Å². The molecule has 0 spiro atoms. The van der Waals surface area contributed by atoms with Crippen LogP contribution in [0.5, 0.6) is 6.01 Å². The molecule has 0 amide bonds. The van der Waals surface area contributed by atoms with E-state index in [-0.39, 0.29) is 24.3 Å². The largest absolute Gasteiger partial charge is 0.435 e. The summed E-state index contributed by atoms with van der Waals surface area (Å²) in [7, 11) is 0. The van der Waals surface area contributed by atoms with Gasteiger partial charge in [0.05, 0.1) is 12.6 Å². The van der Waals surface area contributed by atoms with Crippen molar-refractivity contribution in [2.75, 3.05) is 5.94 Å². The molecule has 0 aliphatic heterocycles. The summed E-state index contributed by atoms with van der Waals surface area (Å²) in [6.45, 7) is -0.0225. The van der Waals surface area contributed by atoms with Crippen LogP contribution < -0.4 is 4.74 Å². The molecule has 22 heavy (non-hydrogen) atoms. The zero-order chi connectivity index (χ0) is 16.3. The second-order valence-corrected chi connectivity index (χ2v) is 5.35. The Morgan fingerprint density at radius 2 is 2.23 bits per heavy atom. The molecular weight excluding hydrogens is 353 g/mol. The topological polar surface area (TPSA) is 90.4 Å². The van der Waals surface area contributed by atoms with Crippen LogP contribution in [0.3, 0.4) is 0 Å². The summed E-state index contributed by atoms with van der Waals surface area (Å²) in [5, 5.41) is 21.8. The average Bonchev–Trinajstić information content (AvgIpc) is 2.82. The fraction of sp³-hybridized carbons (Fsp3) is 0.250. The van der Waals surface area contributed by atoms with Gasteiger partial charge in [0, 0.05) is 20.6 Å². The molecule has 0 saturated carbocycles. The molecule has 0 bridgehead atoms. The van der Waals surface area contributed by atoms with Gasteiger partial charge in [-0.05, 0) is 17.1 Å². The fourth-order valence-corrected chi connectivity index (χ4v) is 2.48. The number of thiol groups is 1. The lowest BCUT2D eigenvalue weighted by molar-refractivity contribution is -0.389. The third-order valence-electron chi connectivity index (χ3n) is 2.80. The molecule has 1 unspecified atom stereocenters. The van der Waals surface area contributed by atoms with E-state index in [4.69, 9.17) is 27.9 Å². The number of aliphatic hydroxyl groups is 1. The van der Waals surface area contributed by atoms with Crippen molar-refractivity contribution in [1.82, 2.24) is 9.55 Å². The Kier molecular flexibility index (Phi) is 5.52. The monoisotopic (exact) mass is 363 g/mol. The van der Waals surface area contributed by atoms with Crippen LogP contribution in [0, 0.1) is 10.1 Å². The highest BCUT2D eigenvalue weighted by atomic mass is 35.5. The Hall–Kier alpha value is -1.48. The van der Waals surface area contributed by atoms with Gasteiger partial charge in [-0.2, -0.15) is 0 Å². The molecule has 10 heteroatoms. The Balaban J connectivity index is 2.26. The van der Waals surface area contributed by atoms with Crippen molar-refractivity contribution in [2.45, 2.75) is 12.6 Å². The maximum atomic E-state index is 10.8. The molecule has 1 atom stereocenters. The number of aromatic nitrogens is 2. The maximum absolute atomic E-state index is 10.8. The summed E-state index contributed by atoms with van der Waals surface area (Å²) in [6, 6.07) is 4.67. The van der Waals surface area contributed by atoms with Crippen molar-refractivity contribution in [3.63, 3.8) is 0 Å². The van der Waals surface area contributed by atoms with Crippen LogP contribution in [0.15, 0.2) is 24.4 Å². The zero-order valence-electron chi connectivity index (χ0n) is 11.0. The van der Waals surface area contributed by atoms with Crippen molar-refractivity contribution >= 4 is 41.6 Å². The normalized spacial score (nSPS) is 12.2. The van der Waals surface area contributed by atoms with Gasteiger partial charge in [0.1, 0.15) is 12.1 Å². The van der Waals surface area contributed by atoms with E-state index in [9.17, 15) is 15.2 Å². The number of halogens is 2. The molecule has 0 fully saturated rings. The third kappa shape index (κ3) is 3.83. The van der Waals surface area contributed by atoms with Crippen LogP contribution in [0.2, 0.25) is 10.0 Å². The highest BCUT2D eigenvalue weighted by Crippen LogP contribution is 2.29. The minimum Gasteiger partial charge on any atom is -0.435 e. The molecule has 118 valence electrons. The highest BCUT2D eigenvalue weighted by Gasteiger charge is 2.23. The molecule has 1 aromatic heterocycles. The highest BCUT2D eigenvalue weighted by molar-refractivity contribution is 7.80. The molecule has 0 aliphatic rings. The Labute approximate surface area is 141 Å². The van der Waals surface area contributed by atoms with Crippen LogP contribution in [0.25, 0.3) is 0 Å². The van der Waals surface area contributed by atoms with Crippen molar-refractivity contribution in [1.29, 1.82) is 0 Å². The number of imidazole rings is 1. The van der Waals surface area contributed by atoms with Crippen LogP contribution in [-0.2, 0) is 6.54 Å². The van der Waals surface area contributed by atoms with E-state index in [0.29, 0.717) is 15.6 Å². The van der Waals surface area contributed by atoms with E-state index in [0.717, 1.165) is 0 Å². The molecule has 1 heterocycles. The number of hydrogen-bond acceptors (Lipinski definition) is 6. The number of ether oxygens (including phenoxy) is 1. The van der Waals surface area contributed by atoms with Crippen LogP contribution >= 0.6 is 35.8 Å². The number of nitrogens with zero attached hydrogens (tertiary/aromatic N) is 3. The number of hydrogen-bond donors (Lipinski definition) is 2. The summed E-state index contributed by atoms with van der Waals surface area (Å²) >= 11 is 15.7. The first-order valence-electron chi connectivity index (χ1n) is 6.00. The van der Waals surface area contributed by atoms with Crippen LogP contribution in [0.1, 0.15) is 11.7 Å². The first-order valence-corrected chi connectivity index (χ1v) is 7.39. The number of aliphatic hydroxyl groups excluding tert-OH is 1. The van der Waals surface area contributed by atoms with Crippen LogP contribution in [0.4, 0.5) is 5.82 Å². The number of rotatable bonds is 6. The Bertz CT molecular complexity index is 695. The molecule has 0 radical (unpaired) electrons. The van der Waals surface area contributed by atoms with Gasteiger partial charge in [0.15, 0.2) is 0 Å². The van der Waals surface area contributed by atoms with Gasteiger partial charge in [-0.1, -0.05) is 29.3 Å². The van der Waals surface area contributed by atoms with Gasteiger partial charge in [-0.25, -0.2) is 0 Å². The predicted molar refractivity (Wildman–Crippen MR) is 84.8 cm³/mol. The molecule has 1 N–H and O–H groups in total. The lowest BCUT2D eigenvalue weighted by atomic mass is 10.1. The predicted octanol–water partition coefficient (Wildman–Crippen LogP) is 3.10. The molecule has 7 nitrogen and oxygen atoms in total. The quantitative estimate of drug-likeness (QED) is 0.356.